The zero-order chi connectivity index (χ0) is 19.4. The van der Waals surface area contributed by atoms with Crippen molar-refractivity contribution in [1.29, 1.82) is 0 Å². The molecule has 3 rings (SSSR count). The van der Waals surface area contributed by atoms with Crippen molar-refractivity contribution >= 4 is 17.7 Å². The Morgan fingerprint density at radius 1 is 0.815 bits per heavy atom. The lowest BCUT2D eigenvalue weighted by Gasteiger charge is -2.10. The summed E-state index contributed by atoms with van der Waals surface area (Å²) in [4.78, 5) is 15.7. The van der Waals surface area contributed by atoms with Crippen LogP contribution in [0.5, 0.6) is 11.5 Å². The third-order valence-electron chi connectivity index (χ3n) is 4.32. The molecule has 3 aromatic rings. The fourth-order valence-electron chi connectivity index (χ4n) is 2.96. The largest absolute Gasteiger partial charge is 0.497 e. The topological polar surface area (TPSA) is 60.6 Å². The monoisotopic (exact) mass is 383 g/mol. The maximum atomic E-state index is 12.4. The summed E-state index contributed by atoms with van der Waals surface area (Å²) in [7, 11) is 4.64. The van der Waals surface area contributed by atoms with E-state index in [1.165, 1.54) is 7.11 Å². The first-order valence-corrected chi connectivity index (χ1v) is 9.52. The second-order valence-electron chi connectivity index (χ2n) is 5.73. The molecule has 0 spiro atoms. The fraction of sp³-hybridized carbons (Fsp3) is 0.190. The average molecular weight is 383 g/mol. The number of hydrogen-bond donors (Lipinski definition) is 1. The highest BCUT2D eigenvalue weighted by Gasteiger charge is 2.24. The molecule has 0 saturated heterocycles. The summed E-state index contributed by atoms with van der Waals surface area (Å²) in [5.41, 5.74) is 4.07. The molecule has 0 unspecified atom stereocenters. The Labute approximate surface area is 162 Å². The van der Waals surface area contributed by atoms with Crippen LogP contribution < -0.4 is 9.47 Å². The SMILES string of the molecule is COC(=O)c1[nH]c(SC)c(-c2ccc(OC)cc2)c1-c1ccc(OC)cc1. The van der Waals surface area contributed by atoms with Gasteiger partial charge in [-0.2, -0.15) is 0 Å². The minimum atomic E-state index is -0.407. The molecule has 27 heavy (non-hydrogen) atoms. The first kappa shape index (κ1) is 18.9. The highest BCUT2D eigenvalue weighted by molar-refractivity contribution is 7.98. The lowest BCUT2D eigenvalue weighted by molar-refractivity contribution is 0.0595. The summed E-state index contributed by atoms with van der Waals surface area (Å²) >= 11 is 1.55. The number of ether oxygens (including phenoxy) is 3. The van der Waals surface area contributed by atoms with E-state index in [0.717, 1.165) is 38.8 Å². The smallest absolute Gasteiger partial charge is 0.355 e. The van der Waals surface area contributed by atoms with E-state index < -0.39 is 5.97 Å². The molecular weight excluding hydrogens is 362 g/mol. The van der Waals surface area contributed by atoms with Crippen molar-refractivity contribution < 1.29 is 19.0 Å². The minimum Gasteiger partial charge on any atom is -0.497 e. The molecule has 0 fully saturated rings. The van der Waals surface area contributed by atoms with Crippen molar-refractivity contribution in [3.8, 4) is 33.8 Å². The number of aromatic amines is 1. The molecule has 6 heteroatoms. The van der Waals surface area contributed by atoms with E-state index in [1.807, 2.05) is 54.8 Å². The molecule has 0 aliphatic rings. The molecule has 1 heterocycles. The number of methoxy groups -OCH3 is 3. The van der Waals surface area contributed by atoms with Gasteiger partial charge < -0.3 is 19.2 Å². The number of carbonyl (C=O) groups excluding carboxylic acids is 1. The fourth-order valence-corrected chi connectivity index (χ4v) is 3.59. The molecular formula is C21H21NO4S. The summed E-state index contributed by atoms with van der Waals surface area (Å²) < 4.78 is 15.5. The number of nitrogens with one attached hydrogen (secondary N) is 1. The predicted octanol–water partition coefficient (Wildman–Crippen LogP) is 4.87. The van der Waals surface area contributed by atoms with Crippen LogP contribution in [0, 0.1) is 0 Å². The van der Waals surface area contributed by atoms with E-state index in [9.17, 15) is 4.79 Å². The van der Waals surface area contributed by atoms with Crippen LogP contribution in [0.25, 0.3) is 22.3 Å². The van der Waals surface area contributed by atoms with Gasteiger partial charge in [0.05, 0.1) is 26.4 Å². The first-order chi connectivity index (χ1) is 13.1. The Morgan fingerprint density at radius 3 is 1.70 bits per heavy atom. The number of thioether (sulfide) groups is 1. The zero-order valence-electron chi connectivity index (χ0n) is 15.7. The van der Waals surface area contributed by atoms with E-state index in [-0.39, 0.29) is 0 Å². The van der Waals surface area contributed by atoms with Crippen molar-refractivity contribution in [2.75, 3.05) is 27.6 Å². The molecule has 1 aromatic heterocycles. The average Bonchev–Trinajstić information content (AvgIpc) is 3.13. The molecule has 2 aromatic carbocycles. The predicted molar refractivity (Wildman–Crippen MR) is 108 cm³/mol. The molecule has 0 aliphatic carbocycles. The zero-order valence-corrected chi connectivity index (χ0v) is 16.5. The molecule has 0 atom stereocenters. The van der Waals surface area contributed by atoms with Crippen LogP contribution in [0.2, 0.25) is 0 Å². The molecule has 0 saturated carbocycles. The summed E-state index contributed by atoms with van der Waals surface area (Å²) in [5.74, 6) is 1.13. The lowest BCUT2D eigenvalue weighted by atomic mass is 9.96. The number of hydrogen-bond acceptors (Lipinski definition) is 5. The van der Waals surface area contributed by atoms with Gasteiger partial charge in [0.25, 0.3) is 0 Å². The van der Waals surface area contributed by atoms with Gasteiger partial charge >= 0.3 is 5.97 Å². The lowest BCUT2D eigenvalue weighted by Crippen LogP contribution is -2.03. The van der Waals surface area contributed by atoms with Gasteiger partial charge in [0, 0.05) is 11.1 Å². The Bertz CT molecular complexity index is 930. The number of rotatable bonds is 6. The quantitative estimate of drug-likeness (QED) is 0.486. The van der Waals surface area contributed by atoms with E-state index >= 15 is 0 Å². The molecule has 0 radical (unpaired) electrons. The van der Waals surface area contributed by atoms with E-state index in [2.05, 4.69) is 4.98 Å². The number of aromatic nitrogens is 1. The summed E-state index contributed by atoms with van der Waals surface area (Å²) in [6, 6.07) is 15.4. The summed E-state index contributed by atoms with van der Waals surface area (Å²) in [5, 5.41) is 0.895. The number of esters is 1. The van der Waals surface area contributed by atoms with Gasteiger partial charge in [0.15, 0.2) is 0 Å². The van der Waals surface area contributed by atoms with Crippen molar-refractivity contribution in [2.24, 2.45) is 0 Å². The molecule has 0 amide bonds. The van der Waals surface area contributed by atoms with Crippen molar-refractivity contribution in [3.63, 3.8) is 0 Å². The third-order valence-corrected chi connectivity index (χ3v) is 5.03. The van der Waals surface area contributed by atoms with Gasteiger partial charge in [-0.1, -0.05) is 24.3 Å². The van der Waals surface area contributed by atoms with Crippen LogP contribution >= 0.6 is 11.8 Å². The Morgan fingerprint density at radius 2 is 1.30 bits per heavy atom. The maximum absolute atomic E-state index is 12.4. The first-order valence-electron chi connectivity index (χ1n) is 8.30. The van der Waals surface area contributed by atoms with E-state index in [1.54, 1.807) is 26.0 Å². The summed E-state index contributed by atoms with van der Waals surface area (Å²) in [6.45, 7) is 0. The molecule has 0 aliphatic heterocycles. The van der Waals surface area contributed by atoms with Gasteiger partial charge in [-0.05, 0) is 41.6 Å². The van der Waals surface area contributed by atoms with Gasteiger partial charge in [-0.3, -0.25) is 0 Å². The van der Waals surface area contributed by atoms with Crippen molar-refractivity contribution in [1.82, 2.24) is 4.98 Å². The molecule has 140 valence electrons. The van der Waals surface area contributed by atoms with Gasteiger partial charge in [0.1, 0.15) is 17.2 Å². The van der Waals surface area contributed by atoms with Crippen LogP contribution in [0.3, 0.4) is 0 Å². The summed E-state index contributed by atoms with van der Waals surface area (Å²) in [6.07, 6.45) is 1.97. The number of carbonyl (C=O) groups is 1. The minimum absolute atomic E-state index is 0.407. The third kappa shape index (κ3) is 3.66. The highest BCUT2D eigenvalue weighted by atomic mass is 32.2. The van der Waals surface area contributed by atoms with Crippen LogP contribution in [0.15, 0.2) is 53.6 Å². The standard InChI is InChI=1S/C21H21NO4S/c1-24-15-9-5-13(6-10-15)17-18(14-7-11-16(25-2)12-8-14)20(27-4)22-19(17)21(23)26-3/h5-12,22H,1-4H3. The van der Waals surface area contributed by atoms with Crippen LogP contribution in [-0.4, -0.2) is 38.5 Å². The molecule has 0 bridgehead atoms. The Kier molecular flexibility index (Phi) is 5.76. The van der Waals surface area contributed by atoms with Crippen LogP contribution in [0.1, 0.15) is 10.5 Å². The van der Waals surface area contributed by atoms with Crippen LogP contribution in [0.4, 0.5) is 0 Å². The molecule has 1 N–H and O–H groups in total. The highest BCUT2D eigenvalue weighted by Crippen LogP contribution is 2.42. The second kappa shape index (κ2) is 8.22. The Balaban J connectivity index is 2.25. The number of benzene rings is 2. The van der Waals surface area contributed by atoms with E-state index in [0.29, 0.717) is 5.69 Å². The van der Waals surface area contributed by atoms with Crippen LogP contribution in [-0.2, 0) is 4.74 Å². The normalized spacial score (nSPS) is 10.5. The Hall–Kier alpha value is -2.86. The van der Waals surface area contributed by atoms with Crippen molar-refractivity contribution in [2.45, 2.75) is 5.03 Å². The van der Waals surface area contributed by atoms with E-state index in [4.69, 9.17) is 14.2 Å². The van der Waals surface area contributed by atoms with Gasteiger partial charge in [-0.15, -0.1) is 11.8 Å². The number of H-pyrrole nitrogens is 1. The van der Waals surface area contributed by atoms with Gasteiger partial charge in [0.2, 0.25) is 0 Å². The second-order valence-corrected chi connectivity index (χ2v) is 6.55. The van der Waals surface area contributed by atoms with Gasteiger partial charge in [-0.25, -0.2) is 4.79 Å². The molecule has 5 nitrogen and oxygen atoms in total. The maximum Gasteiger partial charge on any atom is 0.355 e. The van der Waals surface area contributed by atoms with Crippen molar-refractivity contribution in [3.05, 3.63) is 54.2 Å².